The molecule has 1 aliphatic rings. The summed E-state index contributed by atoms with van der Waals surface area (Å²) in [5.74, 6) is 0.0179. The van der Waals surface area contributed by atoms with Gasteiger partial charge in [0.2, 0.25) is 0 Å². The predicted octanol–water partition coefficient (Wildman–Crippen LogP) is 3.15. The number of hydrogen-bond acceptors (Lipinski definition) is 2. The molecule has 0 bridgehead atoms. The van der Waals surface area contributed by atoms with Gasteiger partial charge in [0.1, 0.15) is 0 Å². The van der Waals surface area contributed by atoms with Crippen LogP contribution in [0.4, 0.5) is 0 Å². The summed E-state index contributed by atoms with van der Waals surface area (Å²) in [5.41, 5.74) is 5.00. The van der Waals surface area contributed by atoms with Gasteiger partial charge in [-0.2, -0.15) is 0 Å². The molecule has 20 heavy (non-hydrogen) atoms. The van der Waals surface area contributed by atoms with Crippen molar-refractivity contribution in [3.63, 3.8) is 0 Å². The molecule has 4 rings (SSSR count). The number of carbonyl (C=O) groups is 1. The lowest BCUT2D eigenvalue weighted by molar-refractivity contribution is 0.0966. The van der Waals surface area contributed by atoms with Gasteiger partial charge in [0.25, 0.3) is 5.91 Å². The minimum Gasteiger partial charge on any atom is -0.348 e. The van der Waals surface area contributed by atoms with E-state index in [0.717, 1.165) is 33.2 Å². The van der Waals surface area contributed by atoms with Crippen LogP contribution in [0.1, 0.15) is 15.9 Å². The minimum absolute atomic E-state index is 0.0179. The number of carbonyl (C=O) groups excluding carboxylic acids is 1. The Labute approximate surface area is 116 Å². The van der Waals surface area contributed by atoms with E-state index < -0.39 is 0 Å². The van der Waals surface area contributed by atoms with Gasteiger partial charge in [0.05, 0.1) is 5.52 Å². The van der Waals surface area contributed by atoms with Crippen LogP contribution in [0.25, 0.3) is 22.0 Å². The lowest BCUT2D eigenvalue weighted by atomic mass is 9.99. The van der Waals surface area contributed by atoms with Gasteiger partial charge in [0.15, 0.2) is 0 Å². The number of nitrogens with zero attached hydrogens (tertiary/aromatic N) is 1. The molecule has 1 aromatic heterocycles. The standard InChI is InChI=1S/C17H12N2O/c20-17-15-9-12(3-4-14(15)10-19-17)11-5-6-16-13(8-11)2-1-7-18-16/h1-9H,10H2,(H,19,20). The molecule has 0 unspecified atom stereocenters. The van der Waals surface area contributed by atoms with Gasteiger partial charge in [-0.3, -0.25) is 9.78 Å². The van der Waals surface area contributed by atoms with Gasteiger partial charge in [-0.1, -0.05) is 24.3 Å². The molecule has 0 aliphatic carbocycles. The van der Waals surface area contributed by atoms with Crippen LogP contribution < -0.4 is 5.32 Å². The number of fused-ring (bicyclic) bond motifs is 2. The highest BCUT2D eigenvalue weighted by Crippen LogP contribution is 2.27. The lowest BCUT2D eigenvalue weighted by Crippen LogP contribution is -2.12. The maximum Gasteiger partial charge on any atom is 0.251 e. The van der Waals surface area contributed by atoms with Crippen molar-refractivity contribution in [1.29, 1.82) is 0 Å². The topological polar surface area (TPSA) is 42.0 Å². The Kier molecular flexibility index (Phi) is 2.33. The molecule has 3 heteroatoms. The monoisotopic (exact) mass is 260 g/mol. The van der Waals surface area contributed by atoms with E-state index in [1.807, 2.05) is 36.4 Å². The molecule has 0 atom stereocenters. The molecule has 1 amide bonds. The van der Waals surface area contributed by atoms with Crippen LogP contribution >= 0.6 is 0 Å². The number of amides is 1. The number of nitrogens with one attached hydrogen (secondary N) is 1. The average molecular weight is 260 g/mol. The fourth-order valence-electron chi connectivity index (χ4n) is 2.65. The van der Waals surface area contributed by atoms with E-state index in [0.29, 0.717) is 6.54 Å². The van der Waals surface area contributed by atoms with Crippen molar-refractivity contribution in [2.75, 3.05) is 0 Å². The SMILES string of the molecule is O=C1NCc2ccc(-c3ccc4ncccc4c3)cc21. The van der Waals surface area contributed by atoms with Crippen molar-refractivity contribution in [2.45, 2.75) is 6.54 Å². The molecular formula is C17H12N2O. The second-order valence-corrected chi connectivity index (χ2v) is 4.97. The first kappa shape index (κ1) is 11.2. The Morgan fingerprint density at radius 2 is 1.85 bits per heavy atom. The van der Waals surface area contributed by atoms with E-state index in [4.69, 9.17) is 0 Å². The summed E-state index contributed by atoms with van der Waals surface area (Å²) in [6.45, 7) is 0.635. The summed E-state index contributed by atoms with van der Waals surface area (Å²) in [6, 6.07) is 16.2. The lowest BCUT2D eigenvalue weighted by Gasteiger charge is -2.05. The third-order valence-corrected chi connectivity index (χ3v) is 3.73. The van der Waals surface area contributed by atoms with Gasteiger partial charge >= 0.3 is 0 Å². The third kappa shape index (κ3) is 1.67. The maximum absolute atomic E-state index is 11.7. The van der Waals surface area contributed by atoms with Gasteiger partial charge in [0, 0.05) is 23.7 Å². The second-order valence-electron chi connectivity index (χ2n) is 4.97. The van der Waals surface area contributed by atoms with Crippen LogP contribution in [-0.2, 0) is 6.54 Å². The number of hydrogen-bond donors (Lipinski definition) is 1. The molecule has 0 fully saturated rings. The summed E-state index contributed by atoms with van der Waals surface area (Å²) >= 11 is 0. The summed E-state index contributed by atoms with van der Waals surface area (Å²) in [4.78, 5) is 16.1. The molecular weight excluding hydrogens is 248 g/mol. The molecule has 0 saturated heterocycles. The van der Waals surface area contributed by atoms with Crippen LogP contribution in [0.5, 0.6) is 0 Å². The first-order valence-corrected chi connectivity index (χ1v) is 6.57. The van der Waals surface area contributed by atoms with E-state index in [1.54, 1.807) is 6.20 Å². The Balaban J connectivity index is 1.87. The molecule has 2 heterocycles. The molecule has 0 saturated carbocycles. The quantitative estimate of drug-likeness (QED) is 0.730. The summed E-state index contributed by atoms with van der Waals surface area (Å²) in [6.07, 6.45) is 1.79. The first-order chi connectivity index (χ1) is 9.81. The average Bonchev–Trinajstić information content (AvgIpc) is 2.88. The summed E-state index contributed by atoms with van der Waals surface area (Å²) in [7, 11) is 0. The van der Waals surface area contributed by atoms with Crippen molar-refractivity contribution in [3.8, 4) is 11.1 Å². The zero-order valence-electron chi connectivity index (χ0n) is 10.8. The number of rotatable bonds is 1. The summed E-state index contributed by atoms with van der Waals surface area (Å²) < 4.78 is 0. The van der Waals surface area contributed by atoms with E-state index >= 15 is 0 Å². The summed E-state index contributed by atoms with van der Waals surface area (Å²) in [5, 5.41) is 3.95. The normalized spacial score (nSPS) is 13.3. The fraction of sp³-hybridized carbons (Fsp3) is 0.0588. The van der Waals surface area contributed by atoms with E-state index in [1.165, 1.54) is 0 Å². The van der Waals surface area contributed by atoms with Gasteiger partial charge in [-0.25, -0.2) is 0 Å². The predicted molar refractivity (Wildman–Crippen MR) is 78.3 cm³/mol. The molecule has 0 spiro atoms. The first-order valence-electron chi connectivity index (χ1n) is 6.57. The zero-order valence-corrected chi connectivity index (χ0v) is 10.8. The minimum atomic E-state index is 0.0179. The van der Waals surface area contributed by atoms with Crippen LogP contribution in [0, 0.1) is 0 Å². The van der Waals surface area contributed by atoms with Crippen LogP contribution in [0.3, 0.4) is 0 Å². The smallest absolute Gasteiger partial charge is 0.251 e. The molecule has 3 nitrogen and oxygen atoms in total. The number of pyridine rings is 1. The van der Waals surface area contributed by atoms with Crippen molar-refractivity contribution in [1.82, 2.24) is 10.3 Å². The van der Waals surface area contributed by atoms with Gasteiger partial charge in [-0.15, -0.1) is 0 Å². The second kappa shape index (κ2) is 4.17. The highest BCUT2D eigenvalue weighted by molar-refractivity contribution is 5.99. The van der Waals surface area contributed by atoms with Crippen molar-refractivity contribution in [3.05, 3.63) is 65.9 Å². The Bertz CT molecular complexity index is 839. The van der Waals surface area contributed by atoms with E-state index in [9.17, 15) is 4.79 Å². The molecule has 1 N–H and O–H groups in total. The third-order valence-electron chi connectivity index (χ3n) is 3.73. The van der Waals surface area contributed by atoms with Crippen molar-refractivity contribution >= 4 is 16.8 Å². The molecule has 1 aliphatic heterocycles. The largest absolute Gasteiger partial charge is 0.348 e. The zero-order chi connectivity index (χ0) is 13.5. The van der Waals surface area contributed by atoms with Crippen molar-refractivity contribution < 1.29 is 4.79 Å². The molecule has 3 aromatic rings. The highest BCUT2D eigenvalue weighted by Gasteiger charge is 2.18. The van der Waals surface area contributed by atoms with Crippen LogP contribution in [0.2, 0.25) is 0 Å². The highest BCUT2D eigenvalue weighted by atomic mass is 16.1. The Hall–Kier alpha value is -2.68. The number of benzene rings is 2. The molecule has 96 valence electrons. The van der Waals surface area contributed by atoms with Gasteiger partial charge < -0.3 is 5.32 Å². The van der Waals surface area contributed by atoms with Crippen LogP contribution in [0.15, 0.2) is 54.7 Å². The molecule has 0 radical (unpaired) electrons. The van der Waals surface area contributed by atoms with Gasteiger partial charge in [-0.05, 0) is 41.0 Å². The number of aromatic nitrogens is 1. The van der Waals surface area contributed by atoms with Crippen molar-refractivity contribution in [2.24, 2.45) is 0 Å². The Morgan fingerprint density at radius 1 is 1.00 bits per heavy atom. The van der Waals surface area contributed by atoms with E-state index in [-0.39, 0.29) is 5.91 Å². The maximum atomic E-state index is 11.7. The van der Waals surface area contributed by atoms with Crippen LogP contribution in [-0.4, -0.2) is 10.9 Å². The van der Waals surface area contributed by atoms with E-state index in [2.05, 4.69) is 22.4 Å². The fourth-order valence-corrected chi connectivity index (χ4v) is 2.65. The molecule has 2 aromatic carbocycles. The Morgan fingerprint density at radius 3 is 2.80 bits per heavy atom.